The summed E-state index contributed by atoms with van der Waals surface area (Å²) in [7, 11) is 0. The number of hydrogen-bond donors (Lipinski definition) is 1. The third-order valence-corrected chi connectivity index (χ3v) is 4.82. The van der Waals surface area contributed by atoms with Crippen LogP contribution in [-0.2, 0) is 6.54 Å². The quantitative estimate of drug-likeness (QED) is 0.902. The lowest BCUT2D eigenvalue weighted by Crippen LogP contribution is -2.31. The maximum Gasteiger partial charge on any atom is 0.127 e. The average molecular weight is 294 g/mol. The second-order valence-corrected chi connectivity index (χ2v) is 6.83. The minimum atomic E-state index is -0.260. The van der Waals surface area contributed by atoms with Crippen LogP contribution in [0.3, 0.4) is 0 Å². The molecule has 3 rings (SSSR count). The van der Waals surface area contributed by atoms with E-state index in [0.717, 1.165) is 11.3 Å². The van der Waals surface area contributed by atoms with Crippen molar-refractivity contribution in [2.45, 2.75) is 52.7 Å². The Hall–Kier alpha value is -1.80. The van der Waals surface area contributed by atoms with Gasteiger partial charge in [0.05, 0.1) is 5.92 Å². The molecule has 0 amide bonds. The molecule has 1 unspecified atom stereocenters. The van der Waals surface area contributed by atoms with Gasteiger partial charge in [-0.3, -0.25) is 0 Å². The molecule has 0 bridgehead atoms. The summed E-state index contributed by atoms with van der Waals surface area (Å²) in [5.74, 6) is 1.27. The summed E-state index contributed by atoms with van der Waals surface area (Å²) in [4.78, 5) is 0. The van der Waals surface area contributed by atoms with Crippen LogP contribution in [-0.4, -0.2) is 5.60 Å². The Morgan fingerprint density at radius 1 is 1.09 bits per heavy atom. The van der Waals surface area contributed by atoms with Crippen molar-refractivity contribution >= 4 is 0 Å². The van der Waals surface area contributed by atoms with Crippen LogP contribution in [0.4, 0.5) is 0 Å². The maximum absolute atomic E-state index is 6.37. The van der Waals surface area contributed by atoms with Gasteiger partial charge in [-0.1, -0.05) is 24.3 Å². The molecule has 0 spiro atoms. The fourth-order valence-corrected chi connectivity index (χ4v) is 3.55. The lowest BCUT2D eigenvalue weighted by Gasteiger charge is -2.27. The van der Waals surface area contributed by atoms with Crippen LogP contribution in [0.25, 0.3) is 0 Å². The van der Waals surface area contributed by atoms with Crippen molar-refractivity contribution < 1.29 is 4.74 Å². The van der Waals surface area contributed by atoms with Crippen LogP contribution >= 0.6 is 0 Å². The zero-order valence-electron chi connectivity index (χ0n) is 14.1. The molecule has 0 aromatic heterocycles. The molecule has 22 heavy (non-hydrogen) atoms. The largest absolute Gasteiger partial charge is 0.486 e. The average Bonchev–Trinajstić information content (AvgIpc) is 2.77. The van der Waals surface area contributed by atoms with Crippen LogP contribution in [0.1, 0.15) is 53.1 Å². The fourth-order valence-electron chi connectivity index (χ4n) is 3.55. The van der Waals surface area contributed by atoms with E-state index >= 15 is 0 Å². The summed E-state index contributed by atoms with van der Waals surface area (Å²) in [6.07, 6.45) is 0. The van der Waals surface area contributed by atoms with Crippen molar-refractivity contribution in [3.05, 3.63) is 63.7 Å². The van der Waals surface area contributed by atoms with Gasteiger partial charge in [0.1, 0.15) is 11.4 Å². The molecule has 0 saturated heterocycles. The van der Waals surface area contributed by atoms with Gasteiger partial charge in [0, 0.05) is 12.1 Å². The van der Waals surface area contributed by atoms with E-state index < -0.39 is 0 Å². The van der Waals surface area contributed by atoms with Crippen LogP contribution in [0.15, 0.2) is 24.3 Å². The monoisotopic (exact) mass is 294 g/mol. The Kier molecular flexibility index (Phi) is 3.53. The molecule has 0 aliphatic carbocycles. The number of hydrogen-bond acceptors (Lipinski definition) is 2. The van der Waals surface area contributed by atoms with Crippen molar-refractivity contribution in [3.8, 4) is 5.75 Å². The van der Waals surface area contributed by atoms with Crippen molar-refractivity contribution in [2.75, 3.05) is 0 Å². The molecule has 2 aromatic carbocycles. The first kappa shape index (κ1) is 15.1. The second kappa shape index (κ2) is 5.13. The SMILES string of the molecule is Cc1[c]c(C)c2c(c1C)OC(C)(C)C2c1ccc(CN)cc1. The zero-order chi connectivity index (χ0) is 16.1. The van der Waals surface area contributed by atoms with Gasteiger partial charge in [-0.15, -0.1) is 0 Å². The van der Waals surface area contributed by atoms with Crippen molar-refractivity contribution in [2.24, 2.45) is 5.73 Å². The highest BCUT2D eigenvalue weighted by Gasteiger charge is 2.44. The molecule has 1 aliphatic rings. The minimum Gasteiger partial charge on any atom is -0.486 e. The Morgan fingerprint density at radius 2 is 1.73 bits per heavy atom. The van der Waals surface area contributed by atoms with E-state index in [1.807, 2.05) is 0 Å². The molecule has 1 aliphatic heterocycles. The van der Waals surface area contributed by atoms with Crippen LogP contribution in [0.2, 0.25) is 0 Å². The summed E-state index contributed by atoms with van der Waals surface area (Å²) < 4.78 is 6.37. The predicted octanol–water partition coefficient (Wildman–Crippen LogP) is 4.17. The number of benzene rings is 2. The Labute approximate surface area is 133 Å². The highest BCUT2D eigenvalue weighted by Crippen LogP contribution is 2.51. The fraction of sp³-hybridized carbons (Fsp3) is 0.400. The van der Waals surface area contributed by atoms with Crippen molar-refractivity contribution in [1.82, 2.24) is 0 Å². The van der Waals surface area contributed by atoms with E-state index in [1.54, 1.807) is 0 Å². The van der Waals surface area contributed by atoms with Crippen LogP contribution in [0.5, 0.6) is 5.75 Å². The number of nitrogens with two attached hydrogens (primary N) is 1. The maximum atomic E-state index is 6.37. The molecule has 1 radical (unpaired) electrons. The van der Waals surface area contributed by atoms with Gasteiger partial charge in [-0.25, -0.2) is 0 Å². The summed E-state index contributed by atoms with van der Waals surface area (Å²) in [6.45, 7) is 11.3. The van der Waals surface area contributed by atoms with E-state index in [0.29, 0.717) is 6.54 Å². The molecule has 115 valence electrons. The third-order valence-electron chi connectivity index (χ3n) is 4.82. The highest BCUT2D eigenvalue weighted by molar-refractivity contribution is 5.58. The molecular weight excluding hydrogens is 270 g/mol. The molecule has 0 fully saturated rings. The summed E-state index contributed by atoms with van der Waals surface area (Å²) in [5.41, 5.74) is 12.7. The predicted molar refractivity (Wildman–Crippen MR) is 90.4 cm³/mol. The van der Waals surface area contributed by atoms with E-state index in [9.17, 15) is 0 Å². The third kappa shape index (κ3) is 2.22. The van der Waals surface area contributed by atoms with Gasteiger partial charge in [-0.05, 0) is 68.5 Å². The molecular formula is C20H24NO. The number of rotatable bonds is 2. The normalized spacial score (nSPS) is 18.9. The van der Waals surface area contributed by atoms with Crippen LogP contribution in [0, 0.1) is 26.8 Å². The van der Waals surface area contributed by atoms with Gasteiger partial charge < -0.3 is 10.5 Å². The minimum absolute atomic E-state index is 0.227. The van der Waals surface area contributed by atoms with Crippen LogP contribution < -0.4 is 10.5 Å². The zero-order valence-corrected chi connectivity index (χ0v) is 14.1. The molecule has 1 heterocycles. The van der Waals surface area contributed by atoms with Gasteiger partial charge in [0.15, 0.2) is 0 Å². The number of ether oxygens (including phenoxy) is 1. The first-order valence-electron chi connectivity index (χ1n) is 7.86. The highest BCUT2D eigenvalue weighted by atomic mass is 16.5. The number of aryl methyl sites for hydroxylation is 2. The van der Waals surface area contributed by atoms with Gasteiger partial charge in [-0.2, -0.15) is 0 Å². The standard InChI is InChI=1S/C20H24NO/c1-12-10-13(2)17-18(16-8-6-15(11-21)7-9-16)20(4,5)22-19(17)14(12)3/h6-9,18H,11,21H2,1-5H3. The number of fused-ring (bicyclic) bond motifs is 1. The summed E-state index contributed by atoms with van der Waals surface area (Å²) >= 11 is 0. The molecule has 2 aromatic rings. The molecule has 2 nitrogen and oxygen atoms in total. The van der Waals surface area contributed by atoms with E-state index in [1.165, 1.54) is 27.8 Å². The van der Waals surface area contributed by atoms with Gasteiger partial charge in [0.2, 0.25) is 0 Å². The first-order chi connectivity index (χ1) is 10.3. The molecule has 0 saturated carbocycles. The summed E-state index contributed by atoms with van der Waals surface area (Å²) in [5, 5.41) is 0. The first-order valence-corrected chi connectivity index (χ1v) is 7.86. The lowest BCUT2D eigenvalue weighted by molar-refractivity contribution is 0.121. The smallest absolute Gasteiger partial charge is 0.127 e. The molecule has 1 atom stereocenters. The molecule has 2 N–H and O–H groups in total. The lowest BCUT2D eigenvalue weighted by atomic mass is 9.79. The van der Waals surface area contributed by atoms with E-state index in [-0.39, 0.29) is 11.5 Å². The van der Waals surface area contributed by atoms with Gasteiger partial charge in [0.25, 0.3) is 0 Å². The van der Waals surface area contributed by atoms with E-state index in [2.05, 4.69) is 65.0 Å². The van der Waals surface area contributed by atoms with Crippen molar-refractivity contribution in [1.29, 1.82) is 0 Å². The topological polar surface area (TPSA) is 35.2 Å². The van der Waals surface area contributed by atoms with Crippen molar-refractivity contribution in [3.63, 3.8) is 0 Å². The Morgan fingerprint density at radius 3 is 2.32 bits per heavy atom. The Balaban J connectivity index is 2.18. The molecule has 2 heteroatoms. The summed E-state index contributed by atoms with van der Waals surface area (Å²) in [6, 6.07) is 12.1. The Bertz CT molecular complexity index is 713. The second-order valence-electron chi connectivity index (χ2n) is 6.83. The van der Waals surface area contributed by atoms with E-state index in [4.69, 9.17) is 10.5 Å². The van der Waals surface area contributed by atoms with Gasteiger partial charge >= 0.3 is 0 Å².